The third-order valence-corrected chi connectivity index (χ3v) is 4.10. The number of hydrogen-bond acceptors (Lipinski definition) is 2. The van der Waals surface area contributed by atoms with E-state index in [2.05, 4.69) is 11.7 Å². The lowest BCUT2D eigenvalue weighted by Gasteiger charge is -2.35. The summed E-state index contributed by atoms with van der Waals surface area (Å²) in [6.07, 6.45) is -1.75. The van der Waals surface area contributed by atoms with Crippen LogP contribution in [-0.4, -0.2) is 12.9 Å². The van der Waals surface area contributed by atoms with Gasteiger partial charge < -0.3 is 10.5 Å². The lowest BCUT2D eigenvalue weighted by atomic mass is 9.71. The molecule has 2 nitrogen and oxygen atoms in total. The van der Waals surface area contributed by atoms with Crippen molar-refractivity contribution < 1.29 is 17.9 Å². The van der Waals surface area contributed by atoms with Crippen LogP contribution < -0.4 is 10.5 Å². The molecular formula is C15H20F3NO. The topological polar surface area (TPSA) is 35.2 Å². The fraction of sp³-hybridized carbons (Fsp3) is 0.600. The molecule has 0 bridgehead atoms. The number of rotatable bonds is 3. The molecule has 1 aliphatic carbocycles. The molecular weight excluding hydrogens is 267 g/mol. The Bertz CT molecular complexity index is 447. The summed E-state index contributed by atoms with van der Waals surface area (Å²) in [4.78, 5) is 0. The molecule has 112 valence electrons. The quantitative estimate of drug-likeness (QED) is 0.909. The van der Waals surface area contributed by atoms with Gasteiger partial charge in [-0.2, -0.15) is 0 Å². The van der Waals surface area contributed by atoms with E-state index < -0.39 is 6.36 Å². The number of halogens is 3. The largest absolute Gasteiger partial charge is 0.573 e. The van der Waals surface area contributed by atoms with E-state index in [4.69, 9.17) is 5.73 Å². The summed E-state index contributed by atoms with van der Waals surface area (Å²) < 4.78 is 41.7. The molecule has 1 aliphatic rings. The predicted octanol–water partition coefficient (Wildman–Crippen LogP) is 4.06. The van der Waals surface area contributed by atoms with Crippen LogP contribution in [0.1, 0.15) is 37.7 Å². The molecule has 0 aromatic heterocycles. The summed E-state index contributed by atoms with van der Waals surface area (Å²) in [5.41, 5.74) is 6.42. The first kappa shape index (κ1) is 15.2. The van der Waals surface area contributed by atoms with Crippen molar-refractivity contribution in [1.29, 1.82) is 0 Å². The number of hydrogen-bond donors (Lipinski definition) is 1. The van der Waals surface area contributed by atoms with Gasteiger partial charge in [-0.3, -0.25) is 0 Å². The zero-order chi connectivity index (χ0) is 14.8. The average Bonchev–Trinajstić information content (AvgIpc) is 2.37. The van der Waals surface area contributed by atoms with Crippen LogP contribution in [0.4, 0.5) is 13.2 Å². The Labute approximate surface area is 117 Å². The zero-order valence-electron chi connectivity index (χ0n) is 11.5. The smallest absolute Gasteiger partial charge is 0.405 e. The number of ether oxygens (including phenoxy) is 1. The molecule has 0 radical (unpaired) electrons. The van der Waals surface area contributed by atoms with Crippen molar-refractivity contribution in [3.8, 4) is 5.75 Å². The number of para-hydroxylation sites is 1. The van der Waals surface area contributed by atoms with E-state index in [1.807, 2.05) is 0 Å². The van der Waals surface area contributed by atoms with E-state index in [-0.39, 0.29) is 17.6 Å². The standard InChI is InChI=1S/C15H20F3NO/c1-10-6-7-11(9-19)13(8-10)12-4-2-3-5-14(12)20-15(16,17)18/h2-5,10-11,13H,6-9,19H2,1H3. The molecule has 0 spiro atoms. The Morgan fingerprint density at radius 1 is 1.25 bits per heavy atom. The minimum absolute atomic E-state index is 0.0438. The molecule has 20 heavy (non-hydrogen) atoms. The SMILES string of the molecule is CC1CCC(CN)C(c2ccccc2OC(F)(F)F)C1. The van der Waals surface area contributed by atoms with E-state index in [0.717, 1.165) is 19.3 Å². The molecule has 1 saturated carbocycles. The minimum atomic E-state index is -4.66. The van der Waals surface area contributed by atoms with Gasteiger partial charge in [-0.05, 0) is 48.8 Å². The lowest BCUT2D eigenvalue weighted by Crippen LogP contribution is -2.29. The molecule has 0 aliphatic heterocycles. The van der Waals surface area contributed by atoms with Gasteiger partial charge in [0.25, 0.3) is 0 Å². The van der Waals surface area contributed by atoms with Crippen LogP contribution in [0.15, 0.2) is 24.3 Å². The normalized spacial score (nSPS) is 27.4. The summed E-state index contributed by atoms with van der Waals surface area (Å²) in [6, 6.07) is 6.43. The maximum Gasteiger partial charge on any atom is 0.573 e. The molecule has 1 fully saturated rings. The van der Waals surface area contributed by atoms with Crippen molar-refractivity contribution in [2.24, 2.45) is 17.6 Å². The van der Waals surface area contributed by atoms with Gasteiger partial charge in [-0.15, -0.1) is 13.2 Å². The first-order chi connectivity index (χ1) is 9.40. The molecule has 2 N–H and O–H groups in total. The molecule has 3 atom stereocenters. The van der Waals surface area contributed by atoms with Crippen LogP contribution >= 0.6 is 0 Å². The van der Waals surface area contributed by atoms with E-state index in [9.17, 15) is 13.2 Å². The number of benzene rings is 1. The van der Waals surface area contributed by atoms with Gasteiger partial charge in [-0.1, -0.05) is 31.5 Å². The molecule has 1 aromatic carbocycles. The maximum atomic E-state index is 12.5. The second-order valence-corrected chi connectivity index (χ2v) is 5.61. The highest BCUT2D eigenvalue weighted by atomic mass is 19.4. The molecule has 5 heteroatoms. The van der Waals surface area contributed by atoms with Crippen molar-refractivity contribution in [3.63, 3.8) is 0 Å². The van der Waals surface area contributed by atoms with Crippen LogP contribution in [0, 0.1) is 11.8 Å². The Morgan fingerprint density at radius 2 is 1.95 bits per heavy atom. The minimum Gasteiger partial charge on any atom is -0.405 e. The van der Waals surface area contributed by atoms with Gasteiger partial charge in [0.1, 0.15) is 5.75 Å². The molecule has 0 amide bonds. The van der Waals surface area contributed by atoms with Gasteiger partial charge in [0.05, 0.1) is 0 Å². The fourth-order valence-electron chi connectivity index (χ4n) is 3.11. The van der Waals surface area contributed by atoms with Gasteiger partial charge in [0, 0.05) is 0 Å². The van der Waals surface area contributed by atoms with Crippen LogP contribution in [0.2, 0.25) is 0 Å². The highest BCUT2D eigenvalue weighted by Gasteiger charge is 2.35. The number of alkyl halides is 3. The summed E-state index contributed by atoms with van der Waals surface area (Å²) in [5, 5.41) is 0. The van der Waals surface area contributed by atoms with E-state index in [1.54, 1.807) is 18.2 Å². The molecule has 3 unspecified atom stereocenters. The summed E-state index contributed by atoms with van der Waals surface area (Å²) in [5.74, 6) is 0.686. The van der Waals surface area contributed by atoms with E-state index in [0.29, 0.717) is 18.0 Å². The molecule has 0 saturated heterocycles. The predicted molar refractivity (Wildman–Crippen MR) is 71.4 cm³/mol. The molecule has 2 rings (SSSR count). The van der Waals surface area contributed by atoms with Crippen molar-refractivity contribution in [1.82, 2.24) is 0 Å². The Balaban J connectivity index is 2.30. The van der Waals surface area contributed by atoms with Crippen molar-refractivity contribution in [2.75, 3.05) is 6.54 Å². The summed E-state index contributed by atoms with van der Waals surface area (Å²) in [6.45, 7) is 2.63. The van der Waals surface area contributed by atoms with E-state index >= 15 is 0 Å². The van der Waals surface area contributed by atoms with Crippen molar-refractivity contribution in [2.45, 2.75) is 38.5 Å². The van der Waals surface area contributed by atoms with Crippen LogP contribution in [0.5, 0.6) is 5.75 Å². The second-order valence-electron chi connectivity index (χ2n) is 5.61. The van der Waals surface area contributed by atoms with Gasteiger partial charge in [0.2, 0.25) is 0 Å². The highest BCUT2D eigenvalue weighted by molar-refractivity contribution is 5.37. The summed E-state index contributed by atoms with van der Waals surface area (Å²) >= 11 is 0. The monoisotopic (exact) mass is 287 g/mol. The van der Waals surface area contributed by atoms with Crippen molar-refractivity contribution >= 4 is 0 Å². The van der Waals surface area contributed by atoms with Gasteiger partial charge in [-0.25, -0.2) is 0 Å². The first-order valence-corrected chi connectivity index (χ1v) is 6.95. The van der Waals surface area contributed by atoms with E-state index in [1.165, 1.54) is 6.07 Å². The highest BCUT2D eigenvalue weighted by Crippen LogP contribution is 2.43. The Hall–Kier alpha value is -1.23. The molecule has 1 aromatic rings. The van der Waals surface area contributed by atoms with Crippen LogP contribution in [0.3, 0.4) is 0 Å². The van der Waals surface area contributed by atoms with Crippen LogP contribution in [-0.2, 0) is 0 Å². The number of nitrogens with two attached hydrogens (primary N) is 1. The van der Waals surface area contributed by atoms with Gasteiger partial charge in [0.15, 0.2) is 0 Å². The fourth-order valence-corrected chi connectivity index (χ4v) is 3.11. The zero-order valence-corrected chi connectivity index (χ0v) is 11.5. The maximum absolute atomic E-state index is 12.5. The van der Waals surface area contributed by atoms with Crippen LogP contribution in [0.25, 0.3) is 0 Å². The Morgan fingerprint density at radius 3 is 2.60 bits per heavy atom. The first-order valence-electron chi connectivity index (χ1n) is 6.95. The van der Waals surface area contributed by atoms with Gasteiger partial charge >= 0.3 is 6.36 Å². The summed E-state index contributed by atoms with van der Waals surface area (Å²) in [7, 11) is 0. The average molecular weight is 287 g/mol. The third-order valence-electron chi connectivity index (χ3n) is 4.10. The van der Waals surface area contributed by atoms with Crippen molar-refractivity contribution in [3.05, 3.63) is 29.8 Å². The Kier molecular flexibility index (Phi) is 4.58. The lowest BCUT2D eigenvalue weighted by molar-refractivity contribution is -0.275. The third kappa shape index (κ3) is 3.66. The second kappa shape index (κ2) is 6.04. The molecule has 0 heterocycles.